The molecule has 0 bridgehead atoms. The number of halogens is 3. The van der Waals surface area contributed by atoms with Crippen LogP contribution < -0.4 is 5.32 Å². The van der Waals surface area contributed by atoms with Crippen molar-refractivity contribution in [1.29, 1.82) is 0 Å². The van der Waals surface area contributed by atoms with Crippen molar-refractivity contribution in [3.05, 3.63) is 52.1 Å². The van der Waals surface area contributed by atoms with Gasteiger partial charge < -0.3 is 14.9 Å². The maximum Gasteiger partial charge on any atom is 0.421 e. The minimum absolute atomic E-state index is 0.0827. The Morgan fingerprint density at radius 3 is 2.70 bits per heavy atom. The number of rotatable bonds is 6. The molecule has 0 radical (unpaired) electrons. The van der Waals surface area contributed by atoms with Crippen LogP contribution in [0, 0.1) is 0 Å². The number of hydrogen-bond donors (Lipinski definition) is 2. The molecule has 3 aromatic rings. The molecule has 1 aromatic carbocycles. The number of nitrogens with zero attached hydrogens (tertiary/aromatic N) is 3. The van der Waals surface area contributed by atoms with E-state index in [-0.39, 0.29) is 23.7 Å². The van der Waals surface area contributed by atoms with Gasteiger partial charge in [0, 0.05) is 24.6 Å². The molecule has 0 saturated heterocycles. The molecule has 1 unspecified atom stereocenters. The van der Waals surface area contributed by atoms with Crippen molar-refractivity contribution >= 4 is 17.2 Å². The summed E-state index contributed by atoms with van der Waals surface area (Å²) in [6.45, 7) is 0.114. The monoisotopic (exact) mass is 398 g/mol. The van der Waals surface area contributed by atoms with E-state index in [1.165, 1.54) is 6.07 Å². The second kappa shape index (κ2) is 7.84. The highest BCUT2D eigenvalue weighted by atomic mass is 32.1. The van der Waals surface area contributed by atoms with Crippen LogP contribution in [0.25, 0.3) is 11.3 Å². The molecule has 1 amide bonds. The number of nitrogens with one attached hydrogen (secondary N) is 1. The van der Waals surface area contributed by atoms with Crippen molar-refractivity contribution < 1.29 is 27.6 Å². The van der Waals surface area contributed by atoms with E-state index in [4.69, 9.17) is 9.63 Å². The standard InChI is InChI=1S/C16H13F3N4O3S/c17-16(18,19)13(24)15-22-21-12(27-15)6-7-20-14(25)10-8-11(26-23-10)9-4-2-1-3-5-9/h1-5,8,13,24H,6-7H2,(H,20,25). The van der Waals surface area contributed by atoms with Crippen LogP contribution in [0.2, 0.25) is 0 Å². The van der Waals surface area contributed by atoms with E-state index in [1.807, 2.05) is 30.3 Å². The molecular formula is C16H13F3N4O3S. The second-order valence-corrected chi connectivity index (χ2v) is 6.52. The van der Waals surface area contributed by atoms with Crippen LogP contribution in [-0.2, 0) is 6.42 Å². The van der Waals surface area contributed by atoms with Gasteiger partial charge in [0.05, 0.1) is 0 Å². The van der Waals surface area contributed by atoms with Gasteiger partial charge in [-0.3, -0.25) is 4.79 Å². The van der Waals surface area contributed by atoms with Crippen LogP contribution in [0.5, 0.6) is 0 Å². The van der Waals surface area contributed by atoms with Crippen LogP contribution in [0.15, 0.2) is 40.9 Å². The average Bonchev–Trinajstić information content (AvgIpc) is 3.31. The molecule has 7 nitrogen and oxygen atoms in total. The lowest BCUT2D eigenvalue weighted by Gasteiger charge is -2.10. The van der Waals surface area contributed by atoms with E-state index in [0.29, 0.717) is 17.1 Å². The normalized spacial score (nSPS) is 12.7. The number of carbonyl (C=O) groups is 1. The van der Waals surface area contributed by atoms with Gasteiger partial charge >= 0.3 is 6.18 Å². The maximum absolute atomic E-state index is 12.4. The SMILES string of the molecule is O=C(NCCc1nnc(C(O)C(F)(F)F)s1)c1cc(-c2ccccc2)on1. The third-order valence-electron chi connectivity index (χ3n) is 3.45. The van der Waals surface area contributed by atoms with Gasteiger partial charge in [0.25, 0.3) is 5.91 Å². The van der Waals surface area contributed by atoms with E-state index >= 15 is 0 Å². The van der Waals surface area contributed by atoms with Crippen molar-refractivity contribution in [3.63, 3.8) is 0 Å². The fourth-order valence-electron chi connectivity index (χ4n) is 2.11. The molecule has 11 heteroatoms. The van der Waals surface area contributed by atoms with Gasteiger partial charge in [0.2, 0.25) is 6.10 Å². The summed E-state index contributed by atoms with van der Waals surface area (Å²) in [5, 5.41) is 22.0. The topological polar surface area (TPSA) is 101 Å². The van der Waals surface area contributed by atoms with Gasteiger partial charge in [0.15, 0.2) is 16.5 Å². The molecule has 0 fully saturated rings. The zero-order valence-corrected chi connectivity index (χ0v) is 14.4. The largest absolute Gasteiger partial charge is 0.421 e. The highest BCUT2D eigenvalue weighted by molar-refractivity contribution is 7.11. The highest BCUT2D eigenvalue weighted by Crippen LogP contribution is 2.33. The number of carbonyl (C=O) groups excluding carboxylic acids is 1. The Bertz CT molecular complexity index is 911. The molecule has 2 heterocycles. The lowest BCUT2D eigenvalue weighted by Crippen LogP contribution is -2.25. The zero-order chi connectivity index (χ0) is 19.4. The van der Waals surface area contributed by atoms with Gasteiger partial charge in [-0.25, -0.2) is 0 Å². The number of aromatic nitrogens is 3. The Morgan fingerprint density at radius 1 is 1.26 bits per heavy atom. The number of amides is 1. The first-order valence-corrected chi connectivity index (χ1v) is 8.53. The summed E-state index contributed by atoms with van der Waals surface area (Å²) in [6.07, 6.45) is -7.30. The predicted octanol–water partition coefficient (Wildman–Crippen LogP) is 2.76. The molecule has 0 aliphatic heterocycles. The first-order chi connectivity index (χ1) is 12.8. The van der Waals surface area contributed by atoms with Gasteiger partial charge in [-0.1, -0.05) is 46.8 Å². The van der Waals surface area contributed by atoms with E-state index in [0.717, 1.165) is 5.56 Å². The molecule has 0 spiro atoms. The van der Waals surface area contributed by atoms with Crippen molar-refractivity contribution in [3.8, 4) is 11.3 Å². The zero-order valence-electron chi connectivity index (χ0n) is 13.6. The minimum atomic E-state index is -4.80. The molecule has 0 aliphatic rings. The molecule has 1 atom stereocenters. The summed E-state index contributed by atoms with van der Waals surface area (Å²) >= 11 is 0.639. The van der Waals surface area contributed by atoms with Crippen LogP contribution >= 0.6 is 11.3 Å². The Kier molecular flexibility index (Phi) is 5.51. The smallest absolute Gasteiger partial charge is 0.377 e. The molecule has 27 heavy (non-hydrogen) atoms. The van der Waals surface area contributed by atoms with Gasteiger partial charge in [-0.2, -0.15) is 13.2 Å². The van der Waals surface area contributed by atoms with Gasteiger partial charge in [-0.15, -0.1) is 10.2 Å². The summed E-state index contributed by atoms with van der Waals surface area (Å²) in [6, 6.07) is 10.6. The first kappa shape index (κ1) is 19.0. The van der Waals surface area contributed by atoms with Crippen molar-refractivity contribution in [2.75, 3.05) is 6.54 Å². The molecule has 2 N–H and O–H groups in total. The summed E-state index contributed by atoms with van der Waals surface area (Å²) in [5.74, 6) is -0.0448. The number of hydrogen-bond acceptors (Lipinski definition) is 7. The summed E-state index contributed by atoms with van der Waals surface area (Å²) in [5.41, 5.74) is 0.855. The second-order valence-electron chi connectivity index (χ2n) is 5.43. The number of benzene rings is 1. The molecular weight excluding hydrogens is 385 g/mol. The van der Waals surface area contributed by atoms with E-state index in [2.05, 4.69) is 20.7 Å². The average molecular weight is 398 g/mol. The number of alkyl halides is 3. The first-order valence-electron chi connectivity index (χ1n) is 7.72. The quantitative estimate of drug-likeness (QED) is 0.662. The maximum atomic E-state index is 12.4. The fraction of sp³-hybridized carbons (Fsp3) is 0.250. The van der Waals surface area contributed by atoms with Crippen LogP contribution in [0.3, 0.4) is 0 Å². The fourth-order valence-corrected chi connectivity index (χ4v) is 2.97. The number of aliphatic hydroxyl groups excluding tert-OH is 1. The van der Waals surface area contributed by atoms with Gasteiger partial charge in [-0.05, 0) is 0 Å². The Labute approximate surface area is 154 Å². The Balaban J connectivity index is 1.53. The minimum Gasteiger partial charge on any atom is -0.377 e. The van der Waals surface area contributed by atoms with Crippen molar-refractivity contribution in [2.45, 2.75) is 18.7 Å². The van der Waals surface area contributed by atoms with Crippen LogP contribution in [0.4, 0.5) is 13.2 Å². The Morgan fingerprint density at radius 2 is 2.00 bits per heavy atom. The molecule has 0 saturated carbocycles. The van der Waals surface area contributed by atoms with Crippen molar-refractivity contribution in [1.82, 2.24) is 20.7 Å². The van der Waals surface area contributed by atoms with Gasteiger partial charge in [0.1, 0.15) is 5.01 Å². The summed E-state index contributed by atoms with van der Waals surface area (Å²) < 4.78 is 42.4. The van der Waals surface area contributed by atoms with Crippen LogP contribution in [-0.4, -0.2) is 39.1 Å². The molecule has 2 aromatic heterocycles. The highest BCUT2D eigenvalue weighted by Gasteiger charge is 2.41. The van der Waals surface area contributed by atoms with E-state index < -0.39 is 23.2 Å². The molecule has 0 aliphatic carbocycles. The predicted molar refractivity (Wildman–Crippen MR) is 88.9 cm³/mol. The van der Waals surface area contributed by atoms with E-state index in [1.54, 1.807) is 0 Å². The number of aliphatic hydroxyl groups is 1. The molecule has 142 valence electrons. The summed E-state index contributed by atoms with van der Waals surface area (Å²) in [7, 11) is 0. The van der Waals surface area contributed by atoms with Crippen molar-refractivity contribution in [2.24, 2.45) is 0 Å². The van der Waals surface area contributed by atoms with E-state index in [9.17, 15) is 18.0 Å². The lowest BCUT2D eigenvalue weighted by atomic mass is 10.1. The van der Waals surface area contributed by atoms with Crippen LogP contribution in [0.1, 0.15) is 26.6 Å². The summed E-state index contributed by atoms with van der Waals surface area (Å²) in [4.78, 5) is 12.1. The third-order valence-corrected chi connectivity index (χ3v) is 4.49. The third kappa shape index (κ3) is 4.68. The Hall–Kier alpha value is -2.79. The molecule has 3 rings (SSSR count). The lowest BCUT2D eigenvalue weighted by molar-refractivity contribution is -0.206.